The van der Waals surface area contributed by atoms with Gasteiger partial charge in [0.25, 0.3) is 0 Å². The zero-order valence-corrected chi connectivity index (χ0v) is 15.5. The van der Waals surface area contributed by atoms with E-state index < -0.39 is 17.4 Å². The standard InChI is InChI=1S/C21H17F3N2O3/c1-27-19-8-15-17(9-25-19)28-12-20(15)11-26(16-5-3-2-4-14(16)20)10-13-6-7-18(29-13)21(22,23)24/h2-9H,10-12H2,1H3. The van der Waals surface area contributed by atoms with Gasteiger partial charge in [-0.05, 0) is 23.8 Å². The van der Waals surface area contributed by atoms with Gasteiger partial charge >= 0.3 is 6.18 Å². The topological polar surface area (TPSA) is 47.7 Å². The van der Waals surface area contributed by atoms with E-state index in [2.05, 4.69) is 4.98 Å². The number of halogens is 3. The molecule has 2 aromatic heterocycles. The lowest BCUT2D eigenvalue weighted by Gasteiger charge is -2.24. The van der Waals surface area contributed by atoms with Crippen molar-refractivity contribution in [3.05, 3.63) is 71.3 Å². The second kappa shape index (κ2) is 6.17. The molecule has 1 aromatic carbocycles. The Morgan fingerprint density at radius 3 is 2.76 bits per heavy atom. The van der Waals surface area contributed by atoms with E-state index in [0.717, 1.165) is 22.9 Å². The number of aromatic nitrogens is 1. The Balaban J connectivity index is 1.53. The zero-order chi connectivity index (χ0) is 20.2. The van der Waals surface area contributed by atoms with Crippen molar-refractivity contribution in [2.45, 2.75) is 18.1 Å². The van der Waals surface area contributed by atoms with Gasteiger partial charge in [0.2, 0.25) is 11.6 Å². The van der Waals surface area contributed by atoms with Crippen LogP contribution in [0.3, 0.4) is 0 Å². The highest BCUT2D eigenvalue weighted by Crippen LogP contribution is 2.52. The Morgan fingerprint density at radius 2 is 2.00 bits per heavy atom. The van der Waals surface area contributed by atoms with Crippen LogP contribution in [0.1, 0.15) is 22.6 Å². The van der Waals surface area contributed by atoms with Crippen LogP contribution >= 0.6 is 0 Å². The fourth-order valence-electron chi connectivity index (χ4n) is 4.25. The molecule has 150 valence electrons. The largest absolute Gasteiger partial charge is 0.490 e. The van der Waals surface area contributed by atoms with Gasteiger partial charge in [-0.3, -0.25) is 0 Å². The van der Waals surface area contributed by atoms with Gasteiger partial charge in [0.05, 0.1) is 25.3 Å². The number of alkyl halides is 3. The lowest BCUT2D eigenvalue weighted by Crippen LogP contribution is -2.35. The summed E-state index contributed by atoms with van der Waals surface area (Å²) < 4.78 is 54.9. The van der Waals surface area contributed by atoms with Gasteiger partial charge in [-0.2, -0.15) is 13.2 Å². The van der Waals surface area contributed by atoms with E-state index in [4.69, 9.17) is 13.9 Å². The quantitative estimate of drug-likeness (QED) is 0.650. The van der Waals surface area contributed by atoms with Gasteiger partial charge in [-0.15, -0.1) is 0 Å². The first-order valence-corrected chi connectivity index (χ1v) is 9.08. The second-order valence-electron chi connectivity index (χ2n) is 7.23. The van der Waals surface area contributed by atoms with Crippen molar-refractivity contribution < 1.29 is 27.1 Å². The van der Waals surface area contributed by atoms with Gasteiger partial charge in [0.1, 0.15) is 18.1 Å². The fourth-order valence-corrected chi connectivity index (χ4v) is 4.25. The molecule has 5 nitrogen and oxygen atoms in total. The average molecular weight is 402 g/mol. The molecular weight excluding hydrogens is 385 g/mol. The molecule has 0 amide bonds. The van der Waals surface area contributed by atoms with Crippen molar-refractivity contribution >= 4 is 5.69 Å². The van der Waals surface area contributed by atoms with Crippen molar-refractivity contribution in [3.8, 4) is 11.6 Å². The first-order chi connectivity index (χ1) is 13.9. The Bertz CT molecular complexity index is 1080. The summed E-state index contributed by atoms with van der Waals surface area (Å²) >= 11 is 0. The van der Waals surface area contributed by atoms with E-state index in [9.17, 15) is 13.2 Å². The monoisotopic (exact) mass is 402 g/mol. The molecule has 8 heteroatoms. The highest BCUT2D eigenvalue weighted by atomic mass is 19.4. The molecule has 2 aliphatic rings. The molecule has 1 unspecified atom stereocenters. The molecule has 29 heavy (non-hydrogen) atoms. The van der Waals surface area contributed by atoms with Crippen molar-refractivity contribution in [1.29, 1.82) is 0 Å². The Kier molecular flexibility index (Phi) is 3.81. The molecular formula is C21H17F3N2O3. The van der Waals surface area contributed by atoms with Crippen LogP contribution in [0, 0.1) is 0 Å². The Labute approximate surface area is 164 Å². The summed E-state index contributed by atoms with van der Waals surface area (Å²) in [5.41, 5.74) is 2.54. The van der Waals surface area contributed by atoms with Gasteiger partial charge in [-0.1, -0.05) is 18.2 Å². The molecule has 0 aliphatic carbocycles. The third-order valence-corrected chi connectivity index (χ3v) is 5.55. The predicted octanol–water partition coefficient (Wildman–Crippen LogP) is 4.40. The van der Waals surface area contributed by atoms with Crippen molar-refractivity contribution in [2.75, 3.05) is 25.2 Å². The summed E-state index contributed by atoms with van der Waals surface area (Å²) in [4.78, 5) is 6.24. The van der Waals surface area contributed by atoms with Crippen LogP contribution in [0.15, 0.2) is 53.1 Å². The number of hydrogen-bond acceptors (Lipinski definition) is 5. The average Bonchev–Trinajstić information content (AvgIpc) is 3.40. The number of pyridine rings is 1. The van der Waals surface area contributed by atoms with Crippen LogP contribution < -0.4 is 14.4 Å². The van der Waals surface area contributed by atoms with Crippen LogP contribution in [0.5, 0.6) is 11.6 Å². The molecule has 1 atom stereocenters. The molecule has 0 bridgehead atoms. The van der Waals surface area contributed by atoms with Gasteiger partial charge in [0.15, 0.2) is 0 Å². The van der Waals surface area contributed by atoms with Crippen LogP contribution in [-0.2, 0) is 18.1 Å². The first kappa shape index (κ1) is 17.9. The summed E-state index contributed by atoms with van der Waals surface area (Å²) in [6.45, 7) is 1.21. The van der Waals surface area contributed by atoms with E-state index in [0.29, 0.717) is 24.8 Å². The van der Waals surface area contributed by atoms with E-state index in [1.54, 1.807) is 13.3 Å². The molecule has 0 radical (unpaired) electrons. The molecule has 0 N–H and O–H groups in total. The van der Waals surface area contributed by atoms with E-state index >= 15 is 0 Å². The molecule has 4 heterocycles. The molecule has 0 fully saturated rings. The highest BCUT2D eigenvalue weighted by Gasteiger charge is 2.50. The maximum absolute atomic E-state index is 12.9. The maximum Gasteiger partial charge on any atom is 0.449 e. The van der Waals surface area contributed by atoms with E-state index in [1.165, 1.54) is 6.07 Å². The molecule has 5 rings (SSSR count). The van der Waals surface area contributed by atoms with Gasteiger partial charge in [-0.25, -0.2) is 4.98 Å². The van der Waals surface area contributed by atoms with Crippen LogP contribution in [-0.4, -0.2) is 25.2 Å². The summed E-state index contributed by atoms with van der Waals surface area (Å²) in [7, 11) is 1.56. The molecule has 0 saturated heterocycles. The third-order valence-electron chi connectivity index (χ3n) is 5.55. The minimum atomic E-state index is -4.50. The lowest BCUT2D eigenvalue weighted by atomic mass is 9.78. The number of benzene rings is 1. The zero-order valence-electron chi connectivity index (χ0n) is 15.5. The Hall–Kier alpha value is -3.16. The van der Waals surface area contributed by atoms with E-state index in [1.807, 2.05) is 35.2 Å². The number of nitrogens with zero attached hydrogens (tertiary/aromatic N) is 2. The molecule has 1 spiro atoms. The van der Waals surface area contributed by atoms with E-state index in [-0.39, 0.29) is 12.3 Å². The third kappa shape index (κ3) is 2.73. The molecule has 0 saturated carbocycles. The van der Waals surface area contributed by atoms with Crippen LogP contribution in [0.25, 0.3) is 0 Å². The molecule has 2 aliphatic heterocycles. The highest BCUT2D eigenvalue weighted by molar-refractivity contribution is 5.69. The minimum Gasteiger partial charge on any atom is -0.490 e. The van der Waals surface area contributed by atoms with Gasteiger partial charge < -0.3 is 18.8 Å². The summed E-state index contributed by atoms with van der Waals surface area (Å²) in [5, 5.41) is 0. The summed E-state index contributed by atoms with van der Waals surface area (Å²) in [5.74, 6) is 0.459. The number of methoxy groups -OCH3 is 1. The summed E-state index contributed by atoms with van der Waals surface area (Å²) in [6.07, 6.45) is -2.85. The second-order valence-corrected chi connectivity index (χ2v) is 7.23. The fraction of sp³-hybridized carbons (Fsp3) is 0.286. The number of furan rings is 1. The number of hydrogen-bond donors (Lipinski definition) is 0. The van der Waals surface area contributed by atoms with Crippen molar-refractivity contribution in [2.24, 2.45) is 0 Å². The normalized spacial score (nSPS) is 19.9. The SMILES string of the molecule is COc1cc2c(cn1)OCC21CN(Cc2ccc(C(F)(F)F)o2)c2ccccc21. The number of para-hydroxylation sites is 1. The number of ether oxygens (including phenoxy) is 2. The van der Waals surface area contributed by atoms with Crippen LogP contribution in [0.4, 0.5) is 18.9 Å². The van der Waals surface area contributed by atoms with Gasteiger partial charge in [0, 0.05) is 23.9 Å². The minimum absolute atomic E-state index is 0.229. The summed E-state index contributed by atoms with van der Waals surface area (Å²) in [6, 6.07) is 12.1. The van der Waals surface area contributed by atoms with Crippen molar-refractivity contribution in [1.82, 2.24) is 4.98 Å². The lowest BCUT2D eigenvalue weighted by molar-refractivity contribution is -0.153. The Morgan fingerprint density at radius 1 is 1.17 bits per heavy atom. The first-order valence-electron chi connectivity index (χ1n) is 9.08. The predicted molar refractivity (Wildman–Crippen MR) is 98.3 cm³/mol. The number of anilines is 1. The maximum atomic E-state index is 12.9. The number of rotatable bonds is 3. The smallest absolute Gasteiger partial charge is 0.449 e. The van der Waals surface area contributed by atoms with Crippen LogP contribution in [0.2, 0.25) is 0 Å². The number of fused-ring (bicyclic) bond motifs is 4. The van der Waals surface area contributed by atoms with Crippen molar-refractivity contribution in [3.63, 3.8) is 0 Å². The molecule has 3 aromatic rings.